The Hall–Kier alpha value is -0.120. The highest BCUT2D eigenvalue weighted by molar-refractivity contribution is 4.88. The summed E-state index contributed by atoms with van der Waals surface area (Å²) in [6.45, 7) is 13.7. The van der Waals surface area contributed by atoms with E-state index in [1.54, 1.807) is 0 Å². The van der Waals surface area contributed by atoms with E-state index in [-0.39, 0.29) is 11.6 Å². The van der Waals surface area contributed by atoms with E-state index in [1.807, 2.05) is 20.8 Å². The lowest BCUT2D eigenvalue weighted by Crippen LogP contribution is -2.55. The average Bonchev–Trinajstić information content (AvgIpc) is 2.00. The fraction of sp³-hybridized carbons (Fsp3) is 1.00. The normalized spacial score (nSPS) is 19.1. The zero-order valence-electron chi connectivity index (χ0n) is 10.4. The van der Waals surface area contributed by atoms with Crippen molar-refractivity contribution in [3.05, 3.63) is 0 Å². The van der Waals surface area contributed by atoms with Crippen LogP contribution in [-0.2, 0) is 0 Å². The van der Waals surface area contributed by atoms with Gasteiger partial charge in [0.15, 0.2) is 0 Å². The van der Waals surface area contributed by atoms with Crippen molar-refractivity contribution in [3.8, 4) is 0 Å². The molecule has 0 saturated heterocycles. The molecule has 0 heterocycles. The molecule has 0 aliphatic rings. The molecule has 14 heavy (non-hydrogen) atoms. The second-order valence-electron chi connectivity index (χ2n) is 5.24. The van der Waals surface area contributed by atoms with Crippen molar-refractivity contribution in [2.75, 3.05) is 13.1 Å². The van der Waals surface area contributed by atoms with E-state index in [0.717, 1.165) is 6.54 Å². The van der Waals surface area contributed by atoms with Crippen LogP contribution in [0.25, 0.3) is 0 Å². The Labute approximate surface area is 88.3 Å². The third-order valence-electron chi connectivity index (χ3n) is 2.42. The summed E-state index contributed by atoms with van der Waals surface area (Å²) >= 11 is 0. The number of hydrogen-bond donors (Lipinski definition) is 3. The van der Waals surface area contributed by atoms with Gasteiger partial charge in [-0.1, -0.05) is 6.92 Å². The maximum atomic E-state index is 10.2. The van der Waals surface area contributed by atoms with Crippen LogP contribution in [0.2, 0.25) is 0 Å². The van der Waals surface area contributed by atoms with Gasteiger partial charge in [-0.3, -0.25) is 0 Å². The van der Waals surface area contributed by atoms with E-state index in [0.29, 0.717) is 6.54 Å². The summed E-state index contributed by atoms with van der Waals surface area (Å²) in [5.74, 6) is 0. The largest absolute Gasteiger partial charge is 0.387 e. The van der Waals surface area contributed by atoms with Gasteiger partial charge in [0, 0.05) is 18.1 Å². The van der Waals surface area contributed by atoms with Gasteiger partial charge in [0.25, 0.3) is 0 Å². The standard InChI is InChI=1S/C11H26N2O/c1-7-12-9(2)11(6,14)8-13-10(3,4)5/h9,12-14H,7-8H2,1-6H3. The lowest BCUT2D eigenvalue weighted by atomic mass is 9.96. The van der Waals surface area contributed by atoms with Crippen LogP contribution in [-0.4, -0.2) is 35.4 Å². The number of hydrogen-bond acceptors (Lipinski definition) is 3. The van der Waals surface area contributed by atoms with Gasteiger partial charge < -0.3 is 15.7 Å². The molecule has 2 unspecified atom stereocenters. The van der Waals surface area contributed by atoms with Crippen LogP contribution in [0, 0.1) is 0 Å². The summed E-state index contributed by atoms with van der Waals surface area (Å²) in [5, 5.41) is 16.7. The van der Waals surface area contributed by atoms with E-state index in [2.05, 4.69) is 31.4 Å². The first-order valence-electron chi connectivity index (χ1n) is 5.40. The molecule has 0 aliphatic heterocycles. The summed E-state index contributed by atoms with van der Waals surface area (Å²) in [5.41, 5.74) is -0.654. The fourth-order valence-corrected chi connectivity index (χ4v) is 1.12. The molecule has 0 fully saturated rings. The molecule has 0 aliphatic carbocycles. The lowest BCUT2D eigenvalue weighted by molar-refractivity contribution is 0.0211. The number of nitrogens with one attached hydrogen (secondary N) is 2. The Balaban J connectivity index is 4.06. The zero-order valence-corrected chi connectivity index (χ0v) is 10.4. The maximum absolute atomic E-state index is 10.2. The molecule has 0 amide bonds. The Kier molecular flexibility index (Phi) is 5.06. The Bertz CT molecular complexity index is 161. The Morgan fingerprint density at radius 2 is 1.71 bits per heavy atom. The van der Waals surface area contributed by atoms with Gasteiger partial charge in [-0.2, -0.15) is 0 Å². The first-order chi connectivity index (χ1) is 6.19. The van der Waals surface area contributed by atoms with E-state index in [4.69, 9.17) is 0 Å². The highest BCUT2D eigenvalue weighted by Gasteiger charge is 2.28. The minimum absolute atomic E-state index is 0.0515. The lowest BCUT2D eigenvalue weighted by Gasteiger charge is -2.34. The molecule has 0 saturated carbocycles. The van der Waals surface area contributed by atoms with Crippen molar-refractivity contribution < 1.29 is 5.11 Å². The van der Waals surface area contributed by atoms with Crippen molar-refractivity contribution in [1.82, 2.24) is 10.6 Å². The van der Waals surface area contributed by atoms with Gasteiger partial charge in [0.1, 0.15) is 0 Å². The van der Waals surface area contributed by atoms with Gasteiger partial charge in [-0.25, -0.2) is 0 Å². The Morgan fingerprint density at radius 3 is 2.07 bits per heavy atom. The number of aliphatic hydroxyl groups is 1. The van der Waals surface area contributed by atoms with Crippen molar-refractivity contribution in [2.45, 2.75) is 58.7 Å². The zero-order chi connectivity index (χ0) is 11.4. The topological polar surface area (TPSA) is 44.3 Å². The molecule has 0 radical (unpaired) electrons. The van der Waals surface area contributed by atoms with Gasteiger partial charge in [-0.05, 0) is 41.2 Å². The molecule has 3 heteroatoms. The SMILES string of the molecule is CCNC(C)C(C)(O)CNC(C)(C)C. The molecule has 86 valence electrons. The molecular formula is C11H26N2O. The van der Waals surface area contributed by atoms with E-state index in [1.165, 1.54) is 0 Å². The first-order valence-corrected chi connectivity index (χ1v) is 5.40. The van der Waals surface area contributed by atoms with Crippen LogP contribution < -0.4 is 10.6 Å². The van der Waals surface area contributed by atoms with E-state index in [9.17, 15) is 5.11 Å². The van der Waals surface area contributed by atoms with Crippen LogP contribution in [0.5, 0.6) is 0 Å². The highest BCUT2D eigenvalue weighted by atomic mass is 16.3. The smallest absolute Gasteiger partial charge is 0.0893 e. The molecule has 3 N–H and O–H groups in total. The highest BCUT2D eigenvalue weighted by Crippen LogP contribution is 2.10. The minimum Gasteiger partial charge on any atom is -0.387 e. The van der Waals surface area contributed by atoms with Crippen LogP contribution in [0.3, 0.4) is 0 Å². The van der Waals surface area contributed by atoms with E-state index < -0.39 is 5.60 Å². The quantitative estimate of drug-likeness (QED) is 0.626. The van der Waals surface area contributed by atoms with Crippen LogP contribution >= 0.6 is 0 Å². The molecular weight excluding hydrogens is 176 g/mol. The average molecular weight is 202 g/mol. The third kappa shape index (κ3) is 5.58. The summed E-state index contributed by atoms with van der Waals surface area (Å²) in [4.78, 5) is 0. The van der Waals surface area contributed by atoms with Crippen molar-refractivity contribution in [2.24, 2.45) is 0 Å². The molecule has 0 bridgehead atoms. The predicted octanol–water partition coefficient (Wildman–Crippen LogP) is 1.12. The van der Waals surface area contributed by atoms with Crippen molar-refractivity contribution >= 4 is 0 Å². The van der Waals surface area contributed by atoms with Crippen LogP contribution in [0.1, 0.15) is 41.5 Å². The number of β-amino-alcohol motifs (C(OH)–C–C–N with tert-alkyl or cyclic N) is 1. The molecule has 0 spiro atoms. The second-order valence-corrected chi connectivity index (χ2v) is 5.24. The monoisotopic (exact) mass is 202 g/mol. The third-order valence-corrected chi connectivity index (χ3v) is 2.42. The summed E-state index contributed by atoms with van der Waals surface area (Å²) in [6, 6.07) is 0.0994. The molecule has 0 rings (SSSR count). The molecule has 0 aromatic rings. The van der Waals surface area contributed by atoms with E-state index >= 15 is 0 Å². The number of rotatable bonds is 5. The van der Waals surface area contributed by atoms with Gasteiger partial charge in [-0.15, -0.1) is 0 Å². The fourth-order valence-electron chi connectivity index (χ4n) is 1.12. The van der Waals surface area contributed by atoms with Gasteiger partial charge >= 0.3 is 0 Å². The van der Waals surface area contributed by atoms with Gasteiger partial charge in [0.2, 0.25) is 0 Å². The van der Waals surface area contributed by atoms with Crippen LogP contribution in [0.15, 0.2) is 0 Å². The minimum atomic E-state index is -0.705. The summed E-state index contributed by atoms with van der Waals surface area (Å²) in [6.07, 6.45) is 0. The summed E-state index contributed by atoms with van der Waals surface area (Å²) < 4.78 is 0. The number of likely N-dealkylation sites (N-methyl/N-ethyl adjacent to an activating group) is 1. The maximum Gasteiger partial charge on any atom is 0.0893 e. The predicted molar refractivity (Wildman–Crippen MR) is 61.5 cm³/mol. The first kappa shape index (κ1) is 13.9. The Morgan fingerprint density at radius 1 is 1.21 bits per heavy atom. The molecule has 0 aromatic carbocycles. The summed E-state index contributed by atoms with van der Waals surface area (Å²) in [7, 11) is 0. The molecule has 2 atom stereocenters. The van der Waals surface area contributed by atoms with Crippen LogP contribution in [0.4, 0.5) is 0 Å². The molecule has 0 aromatic heterocycles. The van der Waals surface area contributed by atoms with Crippen molar-refractivity contribution in [1.29, 1.82) is 0 Å². The molecule has 3 nitrogen and oxygen atoms in total. The van der Waals surface area contributed by atoms with Crippen molar-refractivity contribution in [3.63, 3.8) is 0 Å². The van der Waals surface area contributed by atoms with Gasteiger partial charge in [0.05, 0.1) is 5.60 Å². The second kappa shape index (κ2) is 5.10.